The highest BCUT2D eigenvalue weighted by atomic mass is 32.2. The van der Waals surface area contributed by atoms with Crippen LogP contribution < -0.4 is 9.80 Å². The zero-order valence-corrected chi connectivity index (χ0v) is 19.3. The average Bonchev–Trinajstić information content (AvgIpc) is 3.38. The van der Waals surface area contributed by atoms with Crippen molar-refractivity contribution in [3.63, 3.8) is 0 Å². The Morgan fingerprint density at radius 3 is 2.50 bits per heavy atom. The van der Waals surface area contributed by atoms with E-state index >= 15 is 0 Å². The van der Waals surface area contributed by atoms with E-state index in [2.05, 4.69) is 19.8 Å². The van der Waals surface area contributed by atoms with Crippen LogP contribution in [-0.4, -0.2) is 92.0 Å². The smallest absolute Gasteiger partial charge is 0.289 e. The fourth-order valence-corrected chi connectivity index (χ4v) is 5.47. The Hall–Kier alpha value is -2.73. The Bertz CT molecular complexity index is 1140. The number of hydrogen-bond acceptors (Lipinski definition) is 10. The molecule has 0 N–H and O–H groups in total. The molecule has 2 aliphatic rings. The normalized spacial score (nSPS) is 17.8. The zero-order chi connectivity index (χ0) is 22.1. The van der Waals surface area contributed by atoms with Crippen LogP contribution in [0, 0.1) is 0 Å². The van der Waals surface area contributed by atoms with E-state index < -0.39 is 10.8 Å². The Labute approximate surface area is 191 Å². The molecule has 2 fully saturated rings. The molecule has 12 heteroatoms. The van der Waals surface area contributed by atoms with Gasteiger partial charge in [-0.15, -0.1) is 11.8 Å². The van der Waals surface area contributed by atoms with Crippen LogP contribution in [0.15, 0.2) is 34.2 Å². The molecule has 0 aliphatic carbocycles. The number of nitrogens with zero attached hydrogens (tertiary/aromatic N) is 7. The molecular formula is C20H23N7O3S2. The number of carbonyl (C=O) groups excluding carboxylic acids is 1. The van der Waals surface area contributed by atoms with Crippen LogP contribution in [0.1, 0.15) is 10.6 Å². The fourth-order valence-electron chi connectivity index (χ4n) is 3.93. The van der Waals surface area contributed by atoms with Gasteiger partial charge < -0.3 is 19.1 Å². The van der Waals surface area contributed by atoms with Crippen molar-refractivity contribution in [1.82, 2.24) is 24.8 Å². The molecule has 2 saturated heterocycles. The molecule has 0 bridgehead atoms. The van der Waals surface area contributed by atoms with Gasteiger partial charge in [0.25, 0.3) is 5.91 Å². The van der Waals surface area contributed by atoms with Crippen molar-refractivity contribution in [3.05, 3.63) is 30.5 Å². The van der Waals surface area contributed by atoms with Crippen molar-refractivity contribution in [2.24, 2.45) is 0 Å². The van der Waals surface area contributed by atoms with Crippen LogP contribution in [0.4, 0.5) is 11.8 Å². The standard InChI is InChI=1S/C20H23N7O3S2/c1-31-18-16-15(21-13-22-18)17(25-8-11-32(29)12-9-25)24-20(23-16)27-6-4-26(5-7-27)19(28)14-3-2-10-30-14/h2-3,10,13H,4-9,11-12H2,1H3. The van der Waals surface area contributed by atoms with E-state index in [-0.39, 0.29) is 5.91 Å². The van der Waals surface area contributed by atoms with Crippen LogP contribution in [0.2, 0.25) is 0 Å². The predicted molar refractivity (Wildman–Crippen MR) is 124 cm³/mol. The first-order chi connectivity index (χ1) is 15.6. The summed E-state index contributed by atoms with van der Waals surface area (Å²) in [6, 6.07) is 3.40. The minimum atomic E-state index is -0.783. The van der Waals surface area contributed by atoms with Gasteiger partial charge in [0.05, 0.1) is 6.26 Å². The lowest BCUT2D eigenvalue weighted by Gasteiger charge is -2.35. The van der Waals surface area contributed by atoms with Gasteiger partial charge in [-0.3, -0.25) is 9.00 Å². The lowest BCUT2D eigenvalue weighted by molar-refractivity contribution is 0.0714. The quantitative estimate of drug-likeness (QED) is 0.406. The summed E-state index contributed by atoms with van der Waals surface area (Å²) in [6.07, 6.45) is 5.02. The molecule has 3 aromatic heterocycles. The van der Waals surface area contributed by atoms with E-state index in [4.69, 9.17) is 14.4 Å². The van der Waals surface area contributed by atoms with Crippen molar-refractivity contribution < 1.29 is 13.4 Å². The minimum Gasteiger partial charge on any atom is -0.459 e. The second-order valence-electron chi connectivity index (χ2n) is 7.52. The first-order valence-corrected chi connectivity index (χ1v) is 13.1. The third-order valence-electron chi connectivity index (χ3n) is 5.67. The number of piperazine rings is 1. The summed E-state index contributed by atoms with van der Waals surface area (Å²) in [5.74, 6) is 2.85. The third-order valence-corrected chi connectivity index (χ3v) is 7.63. The Morgan fingerprint density at radius 1 is 1.03 bits per heavy atom. The molecule has 0 spiro atoms. The average molecular weight is 474 g/mol. The number of carbonyl (C=O) groups is 1. The molecule has 0 unspecified atom stereocenters. The van der Waals surface area contributed by atoms with E-state index in [1.807, 2.05) is 6.26 Å². The van der Waals surface area contributed by atoms with Crippen LogP contribution in [0.3, 0.4) is 0 Å². The molecule has 2 aliphatic heterocycles. The highest BCUT2D eigenvalue weighted by molar-refractivity contribution is 7.98. The van der Waals surface area contributed by atoms with Crippen molar-refractivity contribution >= 4 is 51.3 Å². The molecule has 0 radical (unpaired) electrons. The number of furan rings is 1. The van der Waals surface area contributed by atoms with Gasteiger partial charge in [-0.2, -0.15) is 4.98 Å². The summed E-state index contributed by atoms with van der Waals surface area (Å²) >= 11 is 1.52. The summed E-state index contributed by atoms with van der Waals surface area (Å²) in [5.41, 5.74) is 1.44. The van der Waals surface area contributed by atoms with E-state index in [0.717, 1.165) is 16.4 Å². The van der Waals surface area contributed by atoms with E-state index in [1.165, 1.54) is 18.0 Å². The molecular weight excluding hydrogens is 450 g/mol. The number of hydrogen-bond donors (Lipinski definition) is 0. The lowest BCUT2D eigenvalue weighted by atomic mass is 10.3. The number of amides is 1. The van der Waals surface area contributed by atoms with Gasteiger partial charge in [-0.05, 0) is 18.4 Å². The largest absolute Gasteiger partial charge is 0.459 e. The van der Waals surface area contributed by atoms with E-state index in [9.17, 15) is 9.00 Å². The van der Waals surface area contributed by atoms with Crippen molar-refractivity contribution in [3.8, 4) is 0 Å². The monoisotopic (exact) mass is 473 g/mol. The Kier molecular flexibility index (Phi) is 5.96. The maximum atomic E-state index is 12.6. The lowest BCUT2D eigenvalue weighted by Crippen LogP contribution is -2.49. The van der Waals surface area contributed by atoms with Crippen molar-refractivity contribution in [2.45, 2.75) is 5.03 Å². The minimum absolute atomic E-state index is 0.103. The molecule has 0 atom stereocenters. The van der Waals surface area contributed by atoms with Crippen molar-refractivity contribution in [2.75, 3.05) is 66.8 Å². The second-order valence-corrected chi connectivity index (χ2v) is 10.0. The third kappa shape index (κ3) is 4.04. The predicted octanol–water partition coefficient (Wildman–Crippen LogP) is 1.27. The number of aromatic nitrogens is 4. The zero-order valence-electron chi connectivity index (χ0n) is 17.6. The molecule has 168 valence electrons. The Morgan fingerprint density at radius 2 is 1.81 bits per heavy atom. The fraction of sp³-hybridized carbons (Fsp3) is 0.450. The SMILES string of the molecule is CSc1ncnc2c(N3CCS(=O)CC3)nc(N3CCN(C(=O)c4ccco4)CC3)nc12. The van der Waals surface area contributed by atoms with Gasteiger partial charge >= 0.3 is 0 Å². The number of anilines is 2. The van der Waals surface area contributed by atoms with E-state index in [0.29, 0.717) is 68.0 Å². The molecule has 10 nitrogen and oxygen atoms in total. The summed E-state index contributed by atoms with van der Waals surface area (Å²) in [6.45, 7) is 3.68. The molecule has 5 heterocycles. The topological polar surface area (TPSA) is 109 Å². The molecule has 0 saturated carbocycles. The van der Waals surface area contributed by atoms with E-state index in [1.54, 1.807) is 23.4 Å². The maximum Gasteiger partial charge on any atom is 0.289 e. The number of rotatable bonds is 4. The highest BCUT2D eigenvalue weighted by Crippen LogP contribution is 2.30. The van der Waals surface area contributed by atoms with Crippen LogP contribution in [0.5, 0.6) is 0 Å². The van der Waals surface area contributed by atoms with Crippen LogP contribution in [0.25, 0.3) is 11.0 Å². The van der Waals surface area contributed by atoms with Gasteiger partial charge in [0, 0.05) is 61.6 Å². The molecule has 1 amide bonds. The van der Waals surface area contributed by atoms with Gasteiger partial charge in [0.1, 0.15) is 22.4 Å². The summed E-state index contributed by atoms with van der Waals surface area (Å²) in [5, 5.41) is 0.798. The van der Waals surface area contributed by atoms with Crippen LogP contribution in [-0.2, 0) is 10.8 Å². The van der Waals surface area contributed by atoms with Gasteiger partial charge in [-0.1, -0.05) is 0 Å². The first-order valence-electron chi connectivity index (χ1n) is 10.4. The molecule has 5 rings (SSSR count). The Balaban J connectivity index is 1.44. The summed E-state index contributed by atoms with van der Waals surface area (Å²) in [4.78, 5) is 37.2. The summed E-state index contributed by atoms with van der Waals surface area (Å²) in [7, 11) is -0.783. The number of thioether (sulfide) groups is 1. The molecule has 3 aromatic rings. The maximum absolute atomic E-state index is 12.6. The van der Waals surface area contributed by atoms with Gasteiger partial charge in [-0.25, -0.2) is 15.0 Å². The number of fused-ring (bicyclic) bond motifs is 1. The summed E-state index contributed by atoms with van der Waals surface area (Å²) < 4.78 is 17.1. The van der Waals surface area contributed by atoms with Gasteiger partial charge in [0.15, 0.2) is 11.6 Å². The van der Waals surface area contributed by atoms with Gasteiger partial charge in [0.2, 0.25) is 5.95 Å². The highest BCUT2D eigenvalue weighted by Gasteiger charge is 2.27. The molecule has 32 heavy (non-hydrogen) atoms. The molecule has 0 aromatic carbocycles. The second kappa shape index (κ2) is 9.02. The van der Waals surface area contributed by atoms with Crippen LogP contribution >= 0.6 is 11.8 Å². The van der Waals surface area contributed by atoms with Crippen molar-refractivity contribution in [1.29, 1.82) is 0 Å². The first kappa shape index (κ1) is 21.1.